The second kappa shape index (κ2) is 8.24. The molecule has 1 aromatic carbocycles. The van der Waals surface area contributed by atoms with E-state index in [1.165, 1.54) is 7.11 Å². The van der Waals surface area contributed by atoms with E-state index in [2.05, 4.69) is 0 Å². The molecule has 0 fully saturated rings. The molecule has 0 aromatic heterocycles. The van der Waals surface area contributed by atoms with Gasteiger partial charge in [0.25, 0.3) is 0 Å². The molecule has 1 atom stereocenters. The van der Waals surface area contributed by atoms with Gasteiger partial charge in [-0.2, -0.15) is 0 Å². The monoisotopic (exact) mass is 280 g/mol. The van der Waals surface area contributed by atoms with E-state index in [4.69, 9.17) is 16.2 Å². The van der Waals surface area contributed by atoms with Crippen LogP contribution >= 0.6 is 12.4 Å². The van der Waals surface area contributed by atoms with Crippen LogP contribution in [-0.4, -0.2) is 13.7 Å². The zero-order valence-electron chi connectivity index (χ0n) is 10.3. The van der Waals surface area contributed by atoms with Crippen molar-refractivity contribution >= 4 is 12.4 Å². The highest BCUT2D eigenvalue weighted by Gasteiger charge is 2.17. The molecule has 3 nitrogen and oxygen atoms in total. The number of nitrogens with two attached hydrogens (primary N) is 2. The zero-order chi connectivity index (χ0) is 12.8. The van der Waals surface area contributed by atoms with E-state index < -0.39 is 17.7 Å². The average Bonchev–Trinajstić information content (AvgIpc) is 2.28. The first-order valence-electron chi connectivity index (χ1n) is 5.58. The number of ether oxygens (including phenoxy) is 1. The van der Waals surface area contributed by atoms with Gasteiger partial charge in [-0.15, -0.1) is 12.4 Å². The number of benzene rings is 1. The van der Waals surface area contributed by atoms with E-state index in [1.54, 1.807) is 0 Å². The van der Waals surface area contributed by atoms with Gasteiger partial charge in [0.05, 0.1) is 7.11 Å². The third kappa shape index (κ3) is 4.40. The van der Waals surface area contributed by atoms with Crippen molar-refractivity contribution in [1.29, 1.82) is 0 Å². The van der Waals surface area contributed by atoms with Crippen molar-refractivity contribution in [3.63, 3.8) is 0 Å². The molecule has 0 radical (unpaired) electrons. The van der Waals surface area contributed by atoms with Crippen LogP contribution in [0.25, 0.3) is 0 Å². The summed E-state index contributed by atoms with van der Waals surface area (Å²) in [5.41, 5.74) is 11.0. The number of hydrogen-bond acceptors (Lipinski definition) is 3. The number of rotatable bonds is 6. The lowest BCUT2D eigenvalue weighted by Gasteiger charge is -2.14. The van der Waals surface area contributed by atoms with Crippen LogP contribution in [-0.2, 0) is 0 Å². The lowest BCUT2D eigenvalue weighted by Crippen LogP contribution is -2.15. The van der Waals surface area contributed by atoms with Crippen molar-refractivity contribution in [1.82, 2.24) is 0 Å². The largest absolute Gasteiger partial charge is 0.497 e. The van der Waals surface area contributed by atoms with E-state index in [0.717, 1.165) is 25.0 Å². The maximum Gasteiger partial charge on any atom is 0.134 e. The summed E-state index contributed by atoms with van der Waals surface area (Å²) in [6.07, 6.45) is 2.06. The molecule has 18 heavy (non-hydrogen) atoms. The van der Waals surface area contributed by atoms with Crippen molar-refractivity contribution in [3.05, 3.63) is 29.3 Å². The summed E-state index contributed by atoms with van der Waals surface area (Å²) < 4.78 is 32.0. The van der Waals surface area contributed by atoms with Crippen LogP contribution in [0, 0.1) is 11.6 Å². The third-order valence-corrected chi connectivity index (χ3v) is 2.63. The Morgan fingerprint density at radius 1 is 1.22 bits per heavy atom. The number of unbranched alkanes of at least 4 members (excludes halogenated alkanes) is 1. The number of methoxy groups -OCH3 is 1. The fraction of sp³-hybridized carbons (Fsp3) is 0.500. The predicted octanol–water partition coefficient (Wildman–Crippen LogP) is 2.52. The topological polar surface area (TPSA) is 61.3 Å². The molecule has 6 heteroatoms. The Morgan fingerprint density at radius 2 is 1.78 bits per heavy atom. The van der Waals surface area contributed by atoms with Crippen LogP contribution in [0.1, 0.15) is 30.9 Å². The van der Waals surface area contributed by atoms with Crippen molar-refractivity contribution in [2.45, 2.75) is 25.3 Å². The summed E-state index contributed by atoms with van der Waals surface area (Å²) in [4.78, 5) is 0. The lowest BCUT2D eigenvalue weighted by molar-refractivity contribution is 0.402. The standard InChI is InChI=1S/C12H18F2N2O.ClH/c1-17-8-6-9(13)12(10(14)7-8)11(16)4-2-3-5-15;/h6-7,11H,2-5,15-16H2,1H3;1H/t11-;/m0./s1. The van der Waals surface area contributed by atoms with E-state index in [9.17, 15) is 8.78 Å². The molecule has 0 bridgehead atoms. The summed E-state index contributed by atoms with van der Waals surface area (Å²) in [6, 6.07) is 1.63. The molecule has 4 N–H and O–H groups in total. The normalized spacial score (nSPS) is 11.8. The Kier molecular flexibility index (Phi) is 7.82. The average molecular weight is 281 g/mol. The molecular formula is C12H19ClF2N2O. The maximum atomic E-state index is 13.6. The van der Waals surface area contributed by atoms with Gasteiger partial charge in [-0.25, -0.2) is 8.78 Å². The first-order chi connectivity index (χ1) is 8.10. The second-order valence-corrected chi connectivity index (χ2v) is 3.90. The third-order valence-electron chi connectivity index (χ3n) is 2.63. The van der Waals surface area contributed by atoms with Crippen LogP contribution in [0.2, 0.25) is 0 Å². The van der Waals surface area contributed by atoms with Crippen molar-refractivity contribution < 1.29 is 13.5 Å². The van der Waals surface area contributed by atoms with Gasteiger partial charge in [-0.1, -0.05) is 6.42 Å². The SMILES string of the molecule is COc1cc(F)c([C@@H](N)CCCCN)c(F)c1.Cl. The van der Waals surface area contributed by atoms with Gasteiger partial charge in [-0.05, 0) is 19.4 Å². The summed E-state index contributed by atoms with van der Waals surface area (Å²) >= 11 is 0. The molecule has 0 spiro atoms. The van der Waals surface area contributed by atoms with Crippen LogP contribution in [0.15, 0.2) is 12.1 Å². The maximum absolute atomic E-state index is 13.6. The fourth-order valence-electron chi connectivity index (χ4n) is 1.69. The van der Waals surface area contributed by atoms with Crippen LogP contribution in [0.4, 0.5) is 8.78 Å². The van der Waals surface area contributed by atoms with E-state index in [-0.39, 0.29) is 23.7 Å². The molecule has 0 saturated carbocycles. The van der Waals surface area contributed by atoms with Gasteiger partial charge in [-0.3, -0.25) is 0 Å². The van der Waals surface area contributed by atoms with Crippen LogP contribution < -0.4 is 16.2 Å². The molecule has 1 rings (SSSR count). The quantitative estimate of drug-likeness (QED) is 0.787. The molecule has 0 aliphatic heterocycles. The second-order valence-electron chi connectivity index (χ2n) is 3.90. The number of hydrogen-bond donors (Lipinski definition) is 2. The van der Waals surface area contributed by atoms with E-state index in [0.29, 0.717) is 13.0 Å². The Balaban J connectivity index is 0.00000289. The molecule has 1 aromatic rings. The molecule has 104 valence electrons. The minimum absolute atomic E-state index is 0. The van der Waals surface area contributed by atoms with Crippen LogP contribution in [0.3, 0.4) is 0 Å². The Labute approximate surface area is 112 Å². The predicted molar refractivity (Wildman–Crippen MR) is 70.0 cm³/mol. The van der Waals surface area contributed by atoms with Crippen LogP contribution in [0.5, 0.6) is 5.75 Å². The molecule has 0 saturated heterocycles. The minimum Gasteiger partial charge on any atom is -0.497 e. The van der Waals surface area contributed by atoms with Crippen molar-refractivity contribution in [2.75, 3.05) is 13.7 Å². The van der Waals surface area contributed by atoms with Gasteiger partial charge in [0.15, 0.2) is 0 Å². The highest BCUT2D eigenvalue weighted by atomic mass is 35.5. The van der Waals surface area contributed by atoms with Gasteiger partial charge >= 0.3 is 0 Å². The van der Waals surface area contributed by atoms with Crippen molar-refractivity contribution in [3.8, 4) is 5.75 Å². The first kappa shape index (κ1) is 17.1. The van der Waals surface area contributed by atoms with Crippen molar-refractivity contribution in [2.24, 2.45) is 11.5 Å². The molecule has 0 amide bonds. The summed E-state index contributed by atoms with van der Waals surface area (Å²) in [7, 11) is 1.36. The number of halogens is 3. The lowest BCUT2D eigenvalue weighted by atomic mass is 10.0. The molecule has 0 aliphatic carbocycles. The Hall–Kier alpha value is -0.910. The summed E-state index contributed by atoms with van der Waals surface area (Å²) in [5.74, 6) is -1.18. The summed E-state index contributed by atoms with van der Waals surface area (Å²) in [5, 5.41) is 0. The zero-order valence-corrected chi connectivity index (χ0v) is 11.1. The molecular weight excluding hydrogens is 262 g/mol. The van der Waals surface area contributed by atoms with Gasteiger partial charge in [0, 0.05) is 23.7 Å². The first-order valence-corrected chi connectivity index (χ1v) is 5.58. The fourth-order valence-corrected chi connectivity index (χ4v) is 1.69. The van der Waals surface area contributed by atoms with Gasteiger partial charge in [0.2, 0.25) is 0 Å². The molecule has 0 heterocycles. The highest BCUT2D eigenvalue weighted by Crippen LogP contribution is 2.26. The highest BCUT2D eigenvalue weighted by molar-refractivity contribution is 5.85. The smallest absolute Gasteiger partial charge is 0.134 e. The molecule has 0 unspecified atom stereocenters. The molecule has 0 aliphatic rings. The van der Waals surface area contributed by atoms with Gasteiger partial charge < -0.3 is 16.2 Å². The Morgan fingerprint density at radius 3 is 2.22 bits per heavy atom. The van der Waals surface area contributed by atoms with Gasteiger partial charge in [0.1, 0.15) is 17.4 Å². The summed E-state index contributed by atoms with van der Waals surface area (Å²) in [6.45, 7) is 0.556. The van der Waals surface area contributed by atoms with E-state index in [1.807, 2.05) is 0 Å². The Bertz CT molecular complexity index is 354. The van der Waals surface area contributed by atoms with E-state index >= 15 is 0 Å². The minimum atomic E-state index is -0.665.